The molecule has 0 spiro atoms. The normalized spacial score (nSPS) is 17.5. The minimum Gasteiger partial charge on any atom is -0.387 e. The molecule has 1 unspecified atom stereocenters. The quantitative estimate of drug-likeness (QED) is 0.192. The third-order valence-corrected chi connectivity index (χ3v) is 5.30. The molecule has 0 aliphatic heterocycles. The molecule has 0 saturated carbocycles. The van der Waals surface area contributed by atoms with E-state index >= 15 is 0 Å². The van der Waals surface area contributed by atoms with E-state index in [1.54, 1.807) is 0 Å². The molecule has 0 aromatic rings. The Bertz CT molecular complexity index is 958. The second-order valence-electron chi connectivity index (χ2n) is 8.17. The van der Waals surface area contributed by atoms with Gasteiger partial charge >= 0.3 is 71.3 Å². The molecule has 0 amide bonds. The maximum atomic E-state index is 13.7. The van der Waals surface area contributed by atoms with Gasteiger partial charge in [0.1, 0.15) is 6.10 Å². The van der Waals surface area contributed by atoms with Gasteiger partial charge in [0.05, 0.1) is 0 Å². The molecule has 0 heterocycles. The summed E-state index contributed by atoms with van der Waals surface area (Å²) < 4.78 is 332. The second kappa shape index (κ2) is 10.1. The lowest BCUT2D eigenvalue weighted by atomic mass is 9.84. The predicted octanol–water partition coefficient (Wildman–Crippen LogP) is 8.70. The Kier molecular flexibility index (Phi) is 9.69. The van der Waals surface area contributed by atoms with Crippen molar-refractivity contribution in [3.8, 4) is 0 Å². The number of hydrogen-bond donors (Lipinski definition) is 1. The summed E-state index contributed by atoms with van der Waals surface area (Å²) in [4.78, 5) is 0. The number of aliphatic hydroxyl groups excluding tert-OH is 1. The summed E-state index contributed by atoms with van der Waals surface area (Å²) in [6.45, 7) is 0.672. The van der Waals surface area contributed by atoms with Crippen LogP contribution in [0, 0.1) is 0 Å². The van der Waals surface area contributed by atoms with E-state index in [4.69, 9.17) is 5.11 Å². The fourth-order valence-electron chi connectivity index (χ4n) is 2.63. The molecule has 0 aliphatic carbocycles. The van der Waals surface area contributed by atoms with Crippen LogP contribution >= 0.6 is 0 Å². The second-order valence-corrected chi connectivity index (χ2v) is 8.17. The van der Waals surface area contributed by atoms with Gasteiger partial charge in [0.2, 0.25) is 0 Å². The van der Waals surface area contributed by atoms with E-state index in [0.29, 0.717) is 6.92 Å². The Morgan fingerprint density at radius 3 is 0.738 bits per heavy atom. The van der Waals surface area contributed by atoms with Crippen LogP contribution in [0.15, 0.2) is 0 Å². The van der Waals surface area contributed by atoms with E-state index in [0.717, 1.165) is 0 Å². The summed E-state index contributed by atoms with van der Waals surface area (Å²) in [6, 6.07) is 0. The Balaban J connectivity index is 7.34. The monoisotopic (exact) mass is 692 g/mol. The third kappa shape index (κ3) is 4.69. The maximum absolute atomic E-state index is 13.7. The van der Waals surface area contributed by atoms with Gasteiger partial charge in [-0.15, -0.1) is 0 Å². The van der Waals surface area contributed by atoms with Crippen molar-refractivity contribution < 1.29 is 115 Å². The number of alkyl halides is 25. The average molecular weight is 692 g/mol. The highest BCUT2D eigenvalue weighted by atomic mass is 19.4. The molecule has 0 rings (SSSR count). The summed E-state index contributed by atoms with van der Waals surface area (Å²) in [5, 5.41) is 8.77. The number of halogens is 25. The van der Waals surface area contributed by atoms with Crippen molar-refractivity contribution in [2.45, 2.75) is 97.2 Å². The zero-order valence-corrected chi connectivity index (χ0v) is 18.9. The number of aliphatic hydroxyl groups is 1. The van der Waals surface area contributed by atoms with Crippen molar-refractivity contribution in [1.29, 1.82) is 0 Å². The Hall–Kier alpha value is -1.79. The van der Waals surface area contributed by atoms with Gasteiger partial charge in [0, 0.05) is 0 Å². The maximum Gasteiger partial charge on any atom is 0.460 e. The van der Waals surface area contributed by atoms with Gasteiger partial charge in [-0.3, -0.25) is 0 Å². The van der Waals surface area contributed by atoms with Gasteiger partial charge in [-0.1, -0.05) is 13.3 Å². The van der Waals surface area contributed by atoms with Gasteiger partial charge in [-0.05, 0) is 6.42 Å². The lowest BCUT2D eigenvalue weighted by molar-refractivity contribution is -0.483. The molecule has 254 valence electrons. The van der Waals surface area contributed by atoms with Crippen molar-refractivity contribution in [2.75, 3.05) is 0 Å². The van der Waals surface area contributed by atoms with Crippen LogP contribution in [0.4, 0.5) is 110 Å². The van der Waals surface area contributed by atoms with Crippen LogP contribution in [0.2, 0.25) is 0 Å². The van der Waals surface area contributed by atoms with Crippen molar-refractivity contribution in [3.63, 3.8) is 0 Å². The smallest absolute Gasteiger partial charge is 0.387 e. The van der Waals surface area contributed by atoms with E-state index in [1.807, 2.05) is 0 Å². The molecule has 0 aromatic carbocycles. The zero-order chi connectivity index (χ0) is 35.0. The van der Waals surface area contributed by atoms with Gasteiger partial charge in [0.15, 0.2) is 0 Å². The standard InChI is InChI=1S/C16H9F25O/c1-2-3-4(42)5(17,18)6(19,20)7(21,22)8(23,24)9(25,26)10(27,28)11(29,30)12(31,32)13(33,34)14(35,36)15(37,38)16(39,40)41/h4,42H,2-3H2,1H3. The summed E-state index contributed by atoms with van der Waals surface area (Å²) in [5.74, 6) is -99.0. The van der Waals surface area contributed by atoms with E-state index < -0.39 is 90.3 Å². The highest BCUT2D eigenvalue weighted by molar-refractivity contribution is 5.20. The minimum absolute atomic E-state index is 0.672. The lowest BCUT2D eigenvalue weighted by Crippen LogP contribution is -2.78. The van der Waals surface area contributed by atoms with Crippen LogP contribution in [0.25, 0.3) is 0 Å². The topological polar surface area (TPSA) is 20.2 Å². The first kappa shape index (κ1) is 40.2. The molecule has 0 radical (unpaired) electrons. The molecule has 0 bridgehead atoms. The molecule has 1 N–H and O–H groups in total. The van der Waals surface area contributed by atoms with E-state index in [2.05, 4.69) is 0 Å². The zero-order valence-electron chi connectivity index (χ0n) is 18.9. The SMILES string of the molecule is CCCC(O)C(F)(F)C(F)(F)C(F)(F)C(F)(F)C(F)(F)C(F)(F)C(F)(F)C(F)(F)C(F)(F)C(F)(F)C(F)(F)C(F)(F)F. The fraction of sp³-hybridized carbons (Fsp3) is 1.00. The number of rotatable bonds is 13. The molecular weight excluding hydrogens is 683 g/mol. The Labute approximate surface area is 213 Å². The molecule has 42 heavy (non-hydrogen) atoms. The molecular formula is C16H9F25O. The van der Waals surface area contributed by atoms with Crippen LogP contribution in [0.5, 0.6) is 0 Å². The first-order valence-electron chi connectivity index (χ1n) is 9.64. The lowest BCUT2D eigenvalue weighted by Gasteiger charge is -2.46. The van der Waals surface area contributed by atoms with Crippen LogP contribution in [0.3, 0.4) is 0 Å². The summed E-state index contributed by atoms with van der Waals surface area (Å²) in [7, 11) is 0. The molecule has 0 saturated heterocycles. The summed E-state index contributed by atoms with van der Waals surface area (Å²) >= 11 is 0. The first-order chi connectivity index (χ1) is 17.7. The fourth-order valence-corrected chi connectivity index (χ4v) is 2.63. The van der Waals surface area contributed by atoms with Crippen molar-refractivity contribution >= 4 is 0 Å². The van der Waals surface area contributed by atoms with Gasteiger partial charge in [-0.25, -0.2) is 0 Å². The van der Waals surface area contributed by atoms with Crippen LogP contribution in [-0.2, 0) is 0 Å². The molecule has 0 aliphatic rings. The molecule has 0 aromatic heterocycles. The number of hydrogen-bond acceptors (Lipinski definition) is 1. The summed E-state index contributed by atoms with van der Waals surface area (Å²) in [5.41, 5.74) is 0. The van der Waals surface area contributed by atoms with Crippen LogP contribution in [-0.4, -0.2) is 82.5 Å². The predicted molar refractivity (Wildman–Crippen MR) is 81.4 cm³/mol. The summed E-state index contributed by atoms with van der Waals surface area (Å²) in [6.07, 6.45) is -15.2. The van der Waals surface area contributed by atoms with Crippen LogP contribution in [0.1, 0.15) is 19.8 Å². The highest BCUT2D eigenvalue weighted by Crippen LogP contribution is 2.67. The van der Waals surface area contributed by atoms with Gasteiger partial charge < -0.3 is 5.11 Å². The van der Waals surface area contributed by atoms with Crippen molar-refractivity contribution in [2.24, 2.45) is 0 Å². The largest absolute Gasteiger partial charge is 0.460 e. The van der Waals surface area contributed by atoms with Crippen molar-refractivity contribution in [3.05, 3.63) is 0 Å². The molecule has 1 atom stereocenters. The average Bonchev–Trinajstić information content (AvgIpc) is 2.76. The molecule has 26 heteroatoms. The van der Waals surface area contributed by atoms with Gasteiger partial charge in [0.25, 0.3) is 0 Å². The van der Waals surface area contributed by atoms with E-state index in [1.165, 1.54) is 0 Å². The van der Waals surface area contributed by atoms with E-state index in [9.17, 15) is 110 Å². The third-order valence-electron chi connectivity index (χ3n) is 5.30. The highest BCUT2D eigenvalue weighted by Gasteiger charge is 2.99. The Morgan fingerprint density at radius 2 is 0.548 bits per heavy atom. The van der Waals surface area contributed by atoms with Gasteiger partial charge in [-0.2, -0.15) is 110 Å². The minimum atomic E-state index is -9.61. The Morgan fingerprint density at radius 1 is 0.357 bits per heavy atom. The first-order valence-corrected chi connectivity index (χ1v) is 9.64. The van der Waals surface area contributed by atoms with Crippen molar-refractivity contribution in [1.82, 2.24) is 0 Å². The molecule has 1 nitrogen and oxygen atoms in total. The van der Waals surface area contributed by atoms with Crippen LogP contribution < -0.4 is 0 Å². The molecule has 0 fully saturated rings. The van der Waals surface area contributed by atoms with E-state index in [-0.39, 0.29) is 0 Å².